The molecular formula is C13H19NO4. The quantitative estimate of drug-likeness (QED) is 0.619. The number of nitrogen functional groups attached to an aromatic ring is 1. The van der Waals surface area contributed by atoms with Crippen molar-refractivity contribution in [3.05, 3.63) is 23.8 Å². The van der Waals surface area contributed by atoms with E-state index in [1.165, 1.54) is 7.11 Å². The van der Waals surface area contributed by atoms with Gasteiger partial charge in [-0.2, -0.15) is 0 Å². The highest BCUT2D eigenvalue weighted by molar-refractivity contribution is 5.91. The maximum atomic E-state index is 11.9. The molecule has 0 bridgehead atoms. The fraction of sp³-hybridized carbons (Fsp3) is 0.462. The first-order valence-electron chi connectivity index (χ1n) is 5.71. The van der Waals surface area contributed by atoms with Crippen LogP contribution in [0.1, 0.15) is 23.7 Å². The van der Waals surface area contributed by atoms with E-state index in [9.17, 15) is 4.79 Å². The van der Waals surface area contributed by atoms with E-state index in [1.54, 1.807) is 25.3 Å². The highest BCUT2D eigenvalue weighted by Crippen LogP contribution is 2.19. The summed E-state index contributed by atoms with van der Waals surface area (Å²) in [7, 11) is 3.13. The zero-order valence-corrected chi connectivity index (χ0v) is 10.9. The monoisotopic (exact) mass is 253 g/mol. The van der Waals surface area contributed by atoms with Crippen LogP contribution in [0.15, 0.2) is 18.2 Å². The first-order valence-corrected chi connectivity index (χ1v) is 5.71. The van der Waals surface area contributed by atoms with Gasteiger partial charge in [0, 0.05) is 31.9 Å². The highest BCUT2D eigenvalue weighted by Gasteiger charge is 2.13. The normalized spacial score (nSPS) is 11.9. The van der Waals surface area contributed by atoms with Crippen LogP contribution in [-0.2, 0) is 9.47 Å². The summed E-state index contributed by atoms with van der Waals surface area (Å²) in [6.07, 6.45) is 0.451. The molecule has 1 aromatic rings. The number of carbonyl (C=O) groups is 1. The number of hydrogen-bond acceptors (Lipinski definition) is 5. The number of hydrogen-bond donors (Lipinski definition) is 1. The molecule has 0 saturated carbocycles. The topological polar surface area (TPSA) is 70.8 Å². The van der Waals surface area contributed by atoms with Crippen molar-refractivity contribution in [1.82, 2.24) is 0 Å². The predicted octanol–water partition coefficient (Wildman–Crippen LogP) is 1.86. The molecule has 5 heteroatoms. The lowest BCUT2D eigenvalue weighted by atomic mass is 10.2. The summed E-state index contributed by atoms with van der Waals surface area (Å²) in [6, 6.07) is 4.81. The van der Waals surface area contributed by atoms with Crippen LogP contribution in [0.4, 0.5) is 5.69 Å². The SMILES string of the molecule is COCCC(C)OC(=O)c1cc(N)cc(OC)c1. The molecule has 1 aromatic carbocycles. The Balaban J connectivity index is 2.68. The van der Waals surface area contributed by atoms with Crippen molar-refractivity contribution in [2.45, 2.75) is 19.4 Å². The molecule has 2 N–H and O–H groups in total. The molecule has 0 radical (unpaired) electrons. The molecule has 1 atom stereocenters. The summed E-state index contributed by atoms with van der Waals surface area (Å²) < 4.78 is 15.2. The van der Waals surface area contributed by atoms with E-state index in [4.69, 9.17) is 19.9 Å². The molecule has 1 rings (SSSR count). The van der Waals surface area contributed by atoms with Crippen molar-refractivity contribution in [2.75, 3.05) is 26.6 Å². The average Bonchev–Trinajstić information content (AvgIpc) is 2.35. The van der Waals surface area contributed by atoms with Crippen molar-refractivity contribution >= 4 is 11.7 Å². The minimum Gasteiger partial charge on any atom is -0.497 e. The van der Waals surface area contributed by atoms with Crippen LogP contribution in [0.2, 0.25) is 0 Å². The van der Waals surface area contributed by atoms with Gasteiger partial charge in [0.15, 0.2) is 0 Å². The lowest BCUT2D eigenvalue weighted by molar-refractivity contribution is 0.0266. The molecule has 0 aliphatic carbocycles. The molecule has 0 heterocycles. The van der Waals surface area contributed by atoms with E-state index in [2.05, 4.69) is 0 Å². The zero-order chi connectivity index (χ0) is 13.5. The van der Waals surface area contributed by atoms with Crippen molar-refractivity contribution in [1.29, 1.82) is 0 Å². The second-order valence-electron chi connectivity index (χ2n) is 3.99. The first kappa shape index (κ1) is 14.3. The Labute approximate surface area is 107 Å². The third-order valence-corrected chi connectivity index (χ3v) is 2.44. The van der Waals surface area contributed by atoms with Crippen LogP contribution in [0, 0.1) is 0 Å². The number of rotatable bonds is 6. The summed E-state index contributed by atoms with van der Waals surface area (Å²) >= 11 is 0. The number of nitrogens with two attached hydrogens (primary N) is 1. The number of ether oxygens (including phenoxy) is 3. The first-order chi connectivity index (χ1) is 8.56. The second-order valence-corrected chi connectivity index (χ2v) is 3.99. The van der Waals surface area contributed by atoms with Gasteiger partial charge in [0.2, 0.25) is 0 Å². The van der Waals surface area contributed by atoms with Gasteiger partial charge in [-0.25, -0.2) is 4.79 Å². The van der Waals surface area contributed by atoms with E-state index in [-0.39, 0.29) is 6.10 Å². The number of anilines is 1. The summed E-state index contributed by atoms with van der Waals surface area (Å²) in [5.41, 5.74) is 6.53. The van der Waals surface area contributed by atoms with Crippen LogP contribution in [0.25, 0.3) is 0 Å². The Morgan fingerprint density at radius 3 is 2.67 bits per heavy atom. The van der Waals surface area contributed by atoms with Gasteiger partial charge < -0.3 is 19.9 Å². The average molecular weight is 253 g/mol. The van der Waals surface area contributed by atoms with Crippen LogP contribution in [0.3, 0.4) is 0 Å². The Kier molecular flexibility index (Phi) is 5.45. The molecule has 0 amide bonds. The molecular weight excluding hydrogens is 234 g/mol. The van der Waals surface area contributed by atoms with Gasteiger partial charge in [0.1, 0.15) is 11.9 Å². The maximum Gasteiger partial charge on any atom is 0.338 e. The molecule has 100 valence electrons. The number of carbonyl (C=O) groups excluding carboxylic acids is 1. The van der Waals surface area contributed by atoms with Gasteiger partial charge in [-0.05, 0) is 19.1 Å². The Morgan fingerprint density at radius 1 is 1.33 bits per heavy atom. The van der Waals surface area contributed by atoms with Gasteiger partial charge in [-0.1, -0.05) is 0 Å². The largest absolute Gasteiger partial charge is 0.497 e. The maximum absolute atomic E-state index is 11.9. The number of benzene rings is 1. The van der Waals surface area contributed by atoms with E-state index in [0.29, 0.717) is 30.0 Å². The number of methoxy groups -OCH3 is 2. The summed E-state index contributed by atoms with van der Waals surface area (Å²) in [6.45, 7) is 2.37. The lowest BCUT2D eigenvalue weighted by Crippen LogP contribution is -2.17. The van der Waals surface area contributed by atoms with Crippen molar-refractivity contribution < 1.29 is 19.0 Å². The molecule has 1 unspecified atom stereocenters. The molecule has 5 nitrogen and oxygen atoms in total. The molecule has 0 spiro atoms. The molecule has 0 aromatic heterocycles. The molecule has 18 heavy (non-hydrogen) atoms. The van der Waals surface area contributed by atoms with Gasteiger partial charge in [0.05, 0.1) is 12.7 Å². The Hall–Kier alpha value is -1.75. The van der Waals surface area contributed by atoms with Crippen molar-refractivity contribution in [3.8, 4) is 5.75 Å². The van der Waals surface area contributed by atoms with Crippen LogP contribution >= 0.6 is 0 Å². The zero-order valence-electron chi connectivity index (χ0n) is 10.9. The van der Waals surface area contributed by atoms with E-state index in [1.807, 2.05) is 6.92 Å². The smallest absolute Gasteiger partial charge is 0.338 e. The van der Waals surface area contributed by atoms with Gasteiger partial charge in [-0.15, -0.1) is 0 Å². The van der Waals surface area contributed by atoms with Gasteiger partial charge >= 0.3 is 5.97 Å². The molecule has 0 fully saturated rings. The highest BCUT2D eigenvalue weighted by atomic mass is 16.5. The van der Waals surface area contributed by atoms with Gasteiger partial charge in [-0.3, -0.25) is 0 Å². The minimum absolute atomic E-state index is 0.204. The Morgan fingerprint density at radius 2 is 2.06 bits per heavy atom. The fourth-order valence-electron chi connectivity index (χ4n) is 1.45. The van der Waals surface area contributed by atoms with E-state index >= 15 is 0 Å². The standard InChI is InChI=1S/C13H19NO4/c1-9(4-5-16-2)18-13(15)10-6-11(14)8-12(7-10)17-3/h6-9H,4-5,14H2,1-3H3. The van der Waals surface area contributed by atoms with Crippen molar-refractivity contribution in [3.63, 3.8) is 0 Å². The molecule has 0 aliphatic heterocycles. The summed E-state index contributed by atoms with van der Waals surface area (Å²) in [5.74, 6) is 0.121. The van der Waals surface area contributed by atoms with Crippen LogP contribution in [-0.4, -0.2) is 32.9 Å². The molecule has 0 aliphatic rings. The van der Waals surface area contributed by atoms with E-state index in [0.717, 1.165) is 0 Å². The fourth-order valence-corrected chi connectivity index (χ4v) is 1.45. The number of esters is 1. The summed E-state index contributed by atoms with van der Waals surface area (Å²) in [4.78, 5) is 11.9. The van der Waals surface area contributed by atoms with Crippen molar-refractivity contribution in [2.24, 2.45) is 0 Å². The van der Waals surface area contributed by atoms with E-state index < -0.39 is 5.97 Å². The molecule has 0 saturated heterocycles. The minimum atomic E-state index is -0.413. The third-order valence-electron chi connectivity index (χ3n) is 2.44. The summed E-state index contributed by atoms with van der Waals surface area (Å²) in [5, 5.41) is 0. The third kappa shape index (κ3) is 4.25. The second kappa shape index (κ2) is 6.86. The predicted molar refractivity (Wildman–Crippen MR) is 68.8 cm³/mol. The lowest BCUT2D eigenvalue weighted by Gasteiger charge is -2.13. The Bertz CT molecular complexity index is 406. The van der Waals surface area contributed by atoms with Crippen LogP contribution < -0.4 is 10.5 Å². The van der Waals surface area contributed by atoms with Crippen LogP contribution in [0.5, 0.6) is 5.75 Å². The van der Waals surface area contributed by atoms with Gasteiger partial charge in [0.25, 0.3) is 0 Å².